The zero-order valence-electron chi connectivity index (χ0n) is 15.8. The summed E-state index contributed by atoms with van der Waals surface area (Å²) in [6.07, 6.45) is 4.78. The van der Waals surface area contributed by atoms with E-state index in [1.807, 2.05) is 37.3 Å². The molecule has 2 heterocycles. The number of rotatable bonds is 7. The number of hydrogen-bond donors (Lipinski definition) is 2. The Morgan fingerprint density at radius 2 is 1.96 bits per heavy atom. The summed E-state index contributed by atoms with van der Waals surface area (Å²) in [4.78, 5) is 32.3. The molecular formula is C20H22N6O2. The molecule has 3 rings (SSSR count). The van der Waals surface area contributed by atoms with Crippen molar-refractivity contribution in [3.05, 3.63) is 71.9 Å². The number of amides is 2. The molecule has 8 nitrogen and oxygen atoms in total. The molecule has 0 aliphatic carbocycles. The number of nitrogens with zero attached hydrogens (tertiary/aromatic N) is 4. The summed E-state index contributed by atoms with van der Waals surface area (Å²) >= 11 is 0. The fourth-order valence-corrected chi connectivity index (χ4v) is 2.84. The highest BCUT2D eigenvalue weighted by Crippen LogP contribution is 2.18. The summed E-state index contributed by atoms with van der Waals surface area (Å²) in [6.45, 7) is 3.73. The summed E-state index contributed by atoms with van der Waals surface area (Å²) in [6, 6.07) is 11.1. The Balaban J connectivity index is 1.67. The maximum atomic E-state index is 12.5. The zero-order valence-corrected chi connectivity index (χ0v) is 15.8. The number of pyridine rings is 1. The van der Waals surface area contributed by atoms with E-state index in [2.05, 4.69) is 25.7 Å². The Morgan fingerprint density at radius 3 is 2.64 bits per heavy atom. The minimum atomic E-state index is -0.387. The molecule has 0 bridgehead atoms. The summed E-state index contributed by atoms with van der Waals surface area (Å²) in [5.74, 6) is 0.254. The van der Waals surface area contributed by atoms with E-state index in [1.54, 1.807) is 23.3 Å². The molecule has 3 aromatic rings. The van der Waals surface area contributed by atoms with Crippen LogP contribution >= 0.6 is 0 Å². The maximum Gasteiger partial charge on any atom is 0.222 e. The van der Waals surface area contributed by atoms with Crippen molar-refractivity contribution in [2.24, 2.45) is 0 Å². The monoisotopic (exact) mass is 378 g/mol. The van der Waals surface area contributed by atoms with Crippen LogP contribution in [0.4, 0.5) is 0 Å². The first-order valence-electron chi connectivity index (χ1n) is 8.92. The Morgan fingerprint density at radius 1 is 1.18 bits per heavy atom. The quantitative estimate of drug-likeness (QED) is 0.653. The molecular weight excluding hydrogens is 356 g/mol. The lowest BCUT2D eigenvalue weighted by atomic mass is 10.0. The normalized spacial score (nSPS) is 11.6. The lowest BCUT2D eigenvalue weighted by Crippen LogP contribution is -2.32. The van der Waals surface area contributed by atoms with E-state index in [9.17, 15) is 9.59 Å². The first-order valence-corrected chi connectivity index (χ1v) is 8.92. The van der Waals surface area contributed by atoms with Crippen molar-refractivity contribution in [3.8, 4) is 5.82 Å². The minimum Gasteiger partial charge on any atom is -0.352 e. The molecule has 0 fully saturated rings. The third-order valence-electron chi connectivity index (χ3n) is 4.23. The Kier molecular flexibility index (Phi) is 6.11. The van der Waals surface area contributed by atoms with Gasteiger partial charge in [0.05, 0.1) is 12.5 Å². The predicted molar refractivity (Wildman–Crippen MR) is 103 cm³/mol. The second-order valence-corrected chi connectivity index (χ2v) is 6.47. The molecule has 2 aromatic heterocycles. The second-order valence-electron chi connectivity index (χ2n) is 6.47. The average molecular weight is 378 g/mol. The van der Waals surface area contributed by atoms with Crippen LogP contribution < -0.4 is 10.6 Å². The molecule has 0 saturated heterocycles. The number of hydrogen-bond acceptors (Lipinski definition) is 5. The van der Waals surface area contributed by atoms with E-state index in [1.165, 1.54) is 13.3 Å². The molecule has 1 atom stereocenters. The zero-order chi connectivity index (χ0) is 19.9. The van der Waals surface area contributed by atoms with Gasteiger partial charge in [-0.15, -0.1) is 0 Å². The van der Waals surface area contributed by atoms with E-state index in [4.69, 9.17) is 0 Å². The number of aromatic nitrogens is 4. The molecule has 0 radical (unpaired) electrons. The highest BCUT2D eigenvalue weighted by atomic mass is 16.2. The molecule has 0 aliphatic heterocycles. The minimum absolute atomic E-state index is 0.140. The SMILES string of the molecule is CC(=O)NC(CC(=O)NCc1cccnc1-n1cncn1)c1ccc(C)cc1. The Labute approximate surface area is 163 Å². The average Bonchev–Trinajstić information content (AvgIpc) is 3.21. The lowest BCUT2D eigenvalue weighted by molar-refractivity contribution is -0.122. The fourth-order valence-electron chi connectivity index (χ4n) is 2.84. The van der Waals surface area contributed by atoms with Crippen molar-refractivity contribution in [2.45, 2.75) is 32.9 Å². The van der Waals surface area contributed by atoms with Crippen molar-refractivity contribution in [1.82, 2.24) is 30.4 Å². The predicted octanol–water partition coefficient (Wildman–Crippen LogP) is 1.85. The molecule has 28 heavy (non-hydrogen) atoms. The first-order chi connectivity index (χ1) is 13.5. The van der Waals surface area contributed by atoms with E-state index >= 15 is 0 Å². The number of benzene rings is 1. The van der Waals surface area contributed by atoms with Gasteiger partial charge in [-0.2, -0.15) is 5.10 Å². The van der Waals surface area contributed by atoms with Gasteiger partial charge in [-0.05, 0) is 18.6 Å². The van der Waals surface area contributed by atoms with Crippen LogP contribution in [0.2, 0.25) is 0 Å². The summed E-state index contributed by atoms with van der Waals surface area (Å²) < 4.78 is 1.55. The third-order valence-corrected chi connectivity index (χ3v) is 4.23. The van der Waals surface area contributed by atoms with Gasteiger partial charge in [0.2, 0.25) is 11.8 Å². The molecule has 144 valence electrons. The third kappa shape index (κ3) is 5.00. The second kappa shape index (κ2) is 8.90. The van der Waals surface area contributed by atoms with Gasteiger partial charge < -0.3 is 10.6 Å². The Hall–Kier alpha value is -3.55. The molecule has 1 unspecified atom stereocenters. The molecule has 2 amide bonds. The van der Waals surface area contributed by atoms with Gasteiger partial charge in [-0.1, -0.05) is 35.9 Å². The van der Waals surface area contributed by atoms with Crippen LogP contribution in [0.25, 0.3) is 5.82 Å². The molecule has 0 aliphatic rings. The lowest BCUT2D eigenvalue weighted by Gasteiger charge is -2.18. The van der Waals surface area contributed by atoms with E-state index in [0.717, 1.165) is 16.7 Å². The molecule has 0 saturated carbocycles. The van der Waals surface area contributed by atoms with Crippen LogP contribution in [0, 0.1) is 6.92 Å². The van der Waals surface area contributed by atoms with Crippen molar-refractivity contribution in [1.29, 1.82) is 0 Å². The van der Waals surface area contributed by atoms with Gasteiger partial charge in [0.25, 0.3) is 0 Å². The van der Waals surface area contributed by atoms with Crippen molar-refractivity contribution >= 4 is 11.8 Å². The number of carbonyl (C=O) groups excluding carboxylic acids is 2. The fraction of sp³-hybridized carbons (Fsp3) is 0.250. The van der Waals surface area contributed by atoms with Crippen LogP contribution in [-0.2, 0) is 16.1 Å². The standard InChI is InChI=1S/C20H22N6O2/c1-14-5-7-16(8-6-14)18(25-15(2)27)10-19(28)23-11-17-4-3-9-22-20(17)26-13-21-12-24-26/h3-9,12-13,18H,10-11H2,1-2H3,(H,23,28)(H,25,27). The van der Waals surface area contributed by atoms with Gasteiger partial charge in [0.15, 0.2) is 5.82 Å². The van der Waals surface area contributed by atoms with E-state index in [0.29, 0.717) is 12.4 Å². The van der Waals surface area contributed by atoms with Crippen LogP contribution in [0.5, 0.6) is 0 Å². The molecule has 0 spiro atoms. The highest BCUT2D eigenvalue weighted by molar-refractivity contribution is 5.79. The van der Waals surface area contributed by atoms with Crippen molar-refractivity contribution in [3.63, 3.8) is 0 Å². The largest absolute Gasteiger partial charge is 0.352 e. The van der Waals surface area contributed by atoms with E-state index in [-0.39, 0.29) is 24.3 Å². The smallest absolute Gasteiger partial charge is 0.222 e. The highest BCUT2D eigenvalue weighted by Gasteiger charge is 2.17. The number of nitrogens with one attached hydrogen (secondary N) is 2. The summed E-state index contributed by atoms with van der Waals surface area (Å²) in [5.41, 5.74) is 2.82. The van der Waals surface area contributed by atoms with Crippen molar-refractivity contribution in [2.75, 3.05) is 0 Å². The van der Waals surface area contributed by atoms with Crippen molar-refractivity contribution < 1.29 is 9.59 Å². The summed E-state index contributed by atoms with van der Waals surface area (Å²) in [7, 11) is 0. The molecule has 8 heteroatoms. The molecule has 1 aromatic carbocycles. The first kappa shape index (κ1) is 19.2. The topological polar surface area (TPSA) is 102 Å². The van der Waals surface area contributed by atoms with Gasteiger partial charge >= 0.3 is 0 Å². The summed E-state index contributed by atoms with van der Waals surface area (Å²) in [5, 5.41) is 9.82. The Bertz CT molecular complexity index is 938. The van der Waals surface area contributed by atoms with Crippen LogP contribution in [-0.4, -0.2) is 31.6 Å². The van der Waals surface area contributed by atoms with E-state index < -0.39 is 0 Å². The van der Waals surface area contributed by atoms with Crippen LogP contribution in [0.15, 0.2) is 55.2 Å². The van der Waals surface area contributed by atoms with Gasteiger partial charge in [0.1, 0.15) is 12.7 Å². The maximum absolute atomic E-state index is 12.5. The van der Waals surface area contributed by atoms with Crippen LogP contribution in [0.1, 0.15) is 36.1 Å². The van der Waals surface area contributed by atoms with Crippen LogP contribution in [0.3, 0.4) is 0 Å². The van der Waals surface area contributed by atoms with Gasteiger partial charge in [0, 0.05) is 25.2 Å². The number of aryl methyl sites for hydroxylation is 1. The van der Waals surface area contributed by atoms with Gasteiger partial charge in [-0.3, -0.25) is 9.59 Å². The molecule has 2 N–H and O–H groups in total. The number of carbonyl (C=O) groups is 2. The van der Waals surface area contributed by atoms with Gasteiger partial charge in [-0.25, -0.2) is 14.6 Å².